The van der Waals surface area contributed by atoms with Gasteiger partial charge in [0.15, 0.2) is 5.75 Å². The molecular weight excluding hydrogens is 382 g/mol. The molecule has 0 saturated carbocycles. The van der Waals surface area contributed by atoms with E-state index < -0.39 is 10.0 Å². The van der Waals surface area contributed by atoms with Gasteiger partial charge in [0, 0.05) is 24.0 Å². The van der Waals surface area contributed by atoms with Crippen LogP contribution < -0.4 is 4.74 Å². The Labute approximate surface area is 137 Å². The van der Waals surface area contributed by atoms with E-state index in [-0.39, 0.29) is 16.6 Å². The number of hydrogen-bond donors (Lipinski definition) is 0. The zero-order valence-corrected chi connectivity index (χ0v) is 14.5. The number of hydrogen-bond acceptors (Lipinski definition) is 4. The van der Waals surface area contributed by atoms with Gasteiger partial charge in [0.2, 0.25) is 10.0 Å². The molecule has 1 aliphatic rings. The molecule has 1 aliphatic heterocycles. The Balaban J connectivity index is 2.38. The number of piperidine rings is 1. The van der Waals surface area contributed by atoms with Crippen molar-refractivity contribution in [2.24, 2.45) is 5.92 Å². The first-order chi connectivity index (χ1) is 9.90. The Hall–Kier alpha value is -0.630. The molecule has 1 heterocycles. The van der Waals surface area contributed by atoms with Crippen molar-refractivity contribution < 1.29 is 17.9 Å². The SMILES string of the molecule is COc1c(Br)cc(Cl)cc1S(=O)(=O)N1CCC(C=O)CC1. The second-order valence-corrected chi connectivity index (χ2v) is 7.99. The maximum absolute atomic E-state index is 12.7. The summed E-state index contributed by atoms with van der Waals surface area (Å²) in [7, 11) is -2.30. The summed E-state index contributed by atoms with van der Waals surface area (Å²) in [5.74, 6) is 0.168. The lowest BCUT2D eigenvalue weighted by atomic mass is 10.0. The van der Waals surface area contributed by atoms with Crippen molar-refractivity contribution in [3.05, 3.63) is 21.6 Å². The maximum atomic E-state index is 12.7. The van der Waals surface area contributed by atoms with Crippen molar-refractivity contribution in [1.29, 1.82) is 0 Å². The highest BCUT2D eigenvalue weighted by Crippen LogP contribution is 2.37. The smallest absolute Gasteiger partial charge is 0.246 e. The fourth-order valence-electron chi connectivity index (χ4n) is 2.32. The van der Waals surface area contributed by atoms with E-state index in [0.29, 0.717) is 35.4 Å². The molecule has 8 heteroatoms. The van der Waals surface area contributed by atoms with E-state index in [4.69, 9.17) is 16.3 Å². The second-order valence-electron chi connectivity index (χ2n) is 4.80. The zero-order valence-electron chi connectivity index (χ0n) is 11.4. The van der Waals surface area contributed by atoms with E-state index in [9.17, 15) is 13.2 Å². The van der Waals surface area contributed by atoms with E-state index in [1.807, 2.05) is 0 Å². The molecule has 1 saturated heterocycles. The third kappa shape index (κ3) is 3.41. The van der Waals surface area contributed by atoms with Crippen molar-refractivity contribution in [3.63, 3.8) is 0 Å². The monoisotopic (exact) mass is 395 g/mol. The van der Waals surface area contributed by atoms with Crippen LogP contribution in [0, 0.1) is 5.92 Å². The molecule has 1 aromatic rings. The summed E-state index contributed by atoms with van der Waals surface area (Å²) >= 11 is 9.21. The standard InChI is InChI=1S/C13H15BrClNO4S/c1-20-13-11(14)6-10(15)7-12(13)21(18,19)16-4-2-9(8-17)3-5-16/h6-9H,2-5H2,1H3. The van der Waals surface area contributed by atoms with Gasteiger partial charge in [-0.2, -0.15) is 4.31 Å². The van der Waals surface area contributed by atoms with Gasteiger partial charge in [-0.15, -0.1) is 0 Å². The van der Waals surface area contributed by atoms with Gasteiger partial charge in [-0.1, -0.05) is 11.6 Å². The number of benzene rings is 1. The number of nitrogens with zero attached hydrogens (tertiary/aromatic N) is 1. The first-order valence-corrected chi connectivity index (χ1v) is 8.99. The number of ether oxygens (including phenoxy) is 1. The molecule has 2 rings (SSSR count). The van der Waals surface area contributed by atoms with Crippen molar-refractivity contribution in [3.8, 4) is 5.75 Å². The van der Waals surface area contributed by atoms with E-state index >= 15 is 0 Å². The van der Waals surface area contributed by atoms with Gasteiger partial charge in [-0.25, -0.2) is 8.42 Å². The van der Waals surface area contributed by atoms with Crippen LogP contribution in [-0.4, -0.2) is 39.2 Å². The highest BCUT2D eigenvalue weighted by atomic mass is 79.9. The predicted molar refractivity (Wildman–Crippen MR) is 83.3 cm³/mol. The Bertz CT molecular complexity index is 642. The second kappa shape index (κ2) is 6.64. The normalized spacial score (nSPS) is 17.7. The molecule has 1 fully saturated rings. The minimum Gasteiger partial charge on any atom is -0.494 e. The Morgan fingerprint density at radius 3 is 2.52 bits per heavy atom. The number of halogens is 2. The fraction of sp³-hybridized carbons (Fsp3) is 0.462. The lowest BCUT2D eigenvalue weighted by molar-refractivity contribution is -0.112. The molecule has 0 bridgehead atoms. The van der Waals surface area contributed by atoms with Crippen LogP contribution in [0.1, 0.15) is 12.8 Å². The van der Waals surface area contributed by atoms with E-state index in [1.54, 1.807) is 6.07 Å². The average Bonchev–Trinajstić information content (AvgIpc) is 2.46. The van der Waals surface area contributed by atoms with Gasteiger partial charge in [-0.05, 0) is 40.9 Å². The van der Waals surface area contributed by atoms with Gasteiger partial charge >= 0.3 is 0 Å². The van der Waals surface area contributed by atoms with Gasteiger partial charge in [-0.3, -0.25) is 0 Å². The number of methoxy groups -OCH3 is 1. The summed E-state index contributed by atoms with van der Waals surface area (Å²) in [6.45, 7) is 0.637. The molecule has 21 heavy (non-hydrogen) atoms. The summed E-state index contributed by atoms with van der Waals surface area (Å²) in [5, 5.41) is 0.309. The van der Waals surface area contributed by atoms with Crippen LogP contribution in [0.5, 0.6) is 5.75 Å². The van der Waals surface area contributed by atoms with Gasteiger partial charge in [0.1, 0.15) is 11.2 Å². The quantitative estimate of drug-likeness (QED) is 0.734. The highest BCUT2D eigenvalue weighted by Gasteiger charge is 2.32. The molecule has 0 radical (unpaired) electrons. The predicted octanol–water partition coefficient (Wildman–Crippen LogP) is 2.71. The Morgan fingerprint density at radius 2 is 2.00 bits per heavy atom. The molecule has 0 aromatic heterocycles. The molecule has 0 unspecified atom stereocenters. The minimum atomic E-state index is -3.70. The summed E-state index contributed by atoms with van der Waals surface area (Å²) in [4.78, 5) is 10.8. The first-order valence-electron chi connectivity index (χ1n) is 6.38. The lowest BCUT2D eigenvalue weighted by Gasteiger charge is -2.29. The van der Waals surface area contributed by atoms with E-state index in [2.05, 4.69) is 15.9 Å². The average molecular weight is 397 g/mol. The number of carbonyl (C=O) groups is 1. The van der Waals surface area contributed by atoms with Crippen LogP contribution in [0.2, 0.25) is 5.02 Å². The van der Waals surface area contributed by atoms with Crippen molar-refractivity contribution >= 4 is 43.8 Å². The Kier molecular flexibility index (Phi) is 5.29. The summed E-state index contributed by atoms with van der Waals surface area (Å²) in [5.41, 5.74) is 0. The number of rotatable bonds is 4. The molecule has 1 aromatic carbocycles. The fourth-order valence-corrected chi connectivity index (χ4v) is 5.16. The van der Waals surface area contributed by atoms with Crippen LogP contribution in [0.4, 0.5) is 0 Å². The minimum absolute atomic E-state index is 0.0360. The molecule has 116 valence electrons. The zero-order chi connectivity index (χ0) is 15.6. The first kappa shape index (κ1) is 16.7. The third-order valence-corrected chi connectivity index (χ3v) is 6.20. The van der Waals surface area contributed by atoms with Crippen LogP contribution in [-0.2, 0) is 14.8 Å². The van der Waals surface area contributed by atoms with Crippen LogP contribution in [0.3, 0.4) is 0 Å². The summed E-state index contributed by atoms with van der Waals surface area (Å²) < 4.78 is 32.5. The van der Waals surface area contributed by atoms with E-state index in [1.165, 1.54) is 17.5 Å². The third-order valence-electron chi connectivity index (χ3n) is 3.49. The van der Waals surface area contributed by atoms with Crippen LogP contribution in [0.25, 0.3) is 0 Å². The van der Waals surface area contributed by atoms with Crippen LogP contribution >= 0.6 is 27.5 Å². The van der Waals surface area contributed by atoms with Crippen LogP contribution in [0.15, 0.2) is 21.5 Å². The van der Waals surface area contributed by atoms with Gasteiger partial charge in [0.25, 0.3) is 0 Å². The summed E-state index contributed by atoms with van der Waals surface area (Å²) in [6, 6.07) is 2.96. The summed E-state index contributed by atoms with van der Waals surface area (Å²) in [6.07, 6.45) is 1.96. The molecular formula is C13H15BrClNO4S. The van der Waals surface area contributed by atoms with Crippen molar-refractivity contribution in [2.45, 2.75) is 17.7 Å². The largest absolute Gasteiger partial charge is 0.494 e. The molecule has 0 N–H and O–H groups in total. The number of sulfonamides is 1. The molecule has 0 aliphatic carbocycles. The maximum Gasteiger partial charge on any atom is 0.246 e. The van der Waals surface area contributed by atoms with Crippen molar-refractivity contribution in [1.82, 2.24) is 4.31 Å². The number of aldehydes is 1. The molecule has 0 atom stereocenters. The lowest BCUT2D eigenvalue weighted by Crippen LogP contribution is -2.38. The van der Waals surface area contributed by atoms with Gasteiger partial charge in [0.05, 0.1) is 11.6 Å². The molecule has 0 amide bonds. The Morgan fingerprint density at radius 1 is 1.38 bits per heavy atom. The van der Waals surface area contributed by atoms with Gasteiger partial charge < -0.3 is 9.53 Å². The number of carbonyl (C=O) groups excluding carboxylic acids is 1. The van der Waals surface area contributed by atoms with Crippen molar-refractivity contribution in [2.75, 3.05) is 20.2 Å². The van der Waals surface area contributed by atoms with E-state index in [0.717, 1.165) is 6.29 Å². The molecule has 5 nitrogen and oxygen atoms in total. The highest BCUT2D eigenvalue weighted by molar-refractivity contribution is 9.10. The topological polar surface area (TPSA) is 63.7 Å². The molecule has 0 spiro atoms.